The number of benzene rings is 2. The second-order valence-electron chi connectivity index (χ2n) is 5.50. The maximum absolute atomic E-state index is 11.7. The summed E-state index contributed by atoms with van der Waals surface area (Å²) in [6.45, 7) is 1.87. The first kappa shape index (κ1) is 15.1. The summed E-state index contributed by atoms with van der Waals surface area (Å²) < 4.78 is 25.4. The zero-order valence-electron chi connectivity index (χ0n) is 12.4. The van der Waals surface area contributed by atoms with E-state index in [0.717, 1.165) is 21.8 Å². The lowest BCUT2D eigenvalue weighted by Crippen LogP contribution is -2.26. The van der Waals surface area contributed by atoms with Crippen LogP contribution in [0.25, 0.3) is 21.8 Å². The Hall–Kier alpha value is -1.85. The Labute approximate surface area is 129 Å². The summed E-state index contributed by atoms with van der Waals surface area (Å²) in [6.07, 6.45) is -0.913. The van der Waals surface area contributed by atoms with Crippen molar-refractivity contribution in [2.45, 2.75) is 19.6 Å². The molecular weight excluding hydrogens is 298 g/mol. The lowest BCUT2D eigenvalue weighted by molar-refractivity contribution is 0.179. The van der Waals surface area contributed by atoms with E-state index in [1.54, 1.807) is 6.92 Å². The average molecular weight is 317 g/mol. The topological polar surface area (TPSA) is 59.3 Å². The zero-order chi connectivity index (χ0) is 15.7. The van der Waals surface area contributed by atoms with Crippen molar-refractivity contribution in [2.75, 3.05) is 11.5 Å². The van der Waals surface area contributed by atoms with E-state index >= 15 is 0 Å². The molecular formula is C17H19NO3S. The number of aliphatic hydroxyl groups excluding tert-OH is 1. The molecule has 0 aliphatic rings. The van der Waals surface area contributed by atoms with Crippen molar-refractivity contribution in [1.82, 2.24) is 4.57 Å². The largest absolute Gasteiger partial charge is 0.390 e. The molecule has 0 aliphatic heterocycles. The SMILES string of the molecule is CCS(=O)(=O)CC(O)Cn1c2ccccc2c2ccccc21. The fourth-order valence-corrected chi connectivity index (χ4v) is 3.80. The van der Waals surface area contributed by atoms with Gasteiger partial charge in [0.1, 0.15) is 0 Å². The van der Waals surface area contributed by atoms with E-state index in [1.165, 1.54) is 0 Å². The molecule has 1 N–H and O–H groups in total. The van der Waals surface area contributed by atoms with E-state index < -0.39 is 15.9 Å². The first-order valence-corrected chi connectivity index (χ1v) is 9.18. The molecule has 22 heavy (non-hydrogen) atoms. The Balaban J connectivity index is 2.05. The van der Waals surface area contributed by atoms with Gasteiger partial charge in [-0.3, -0.25) is 0 Å². The third kappa shape index (κ3) is 2.74. The number of aromatic nitrogens is 1. The van der Waals surface area contributed by atoms with Crippen molar-refractivity contribution in [3.8, 4) is 0 Å². The number of hydrogen-bond acceptors (Lipinski definition) is 3. The van der Waals surface area contributed by atoms with Crippen LogP contribution >= 0.6 is 0 Å². The minimum atomic E-state index is -3.19. The van der Waals surface area contributed by atoms with Gasteiger partial charge >= 0.3 is 0 Å². The molecule has 0 aliphatic carbocycles. The van der Waals surface area contributed by atoms with Crippen molar-refractivity contribution in [3.63, 3.8) is 0 Å². The van der Waals surface area contributed by atoms with Gasteiger partial charge in [0.05, 0.1) is 18.4 Å². The standard InChI is InChI=1S/C17H19NO3S/c1-2-22(20,21)12-13(19)11-18-16-9-5-3-7-14(16)15-8-4-6-10-17(15)18/h3-10,13,19H,2,11-12H2,1H3. The molecule has 0 amide bonds. The lowest BCUT2D eigenvalue weighted by Gasteiger charge is -2.13. The summed E-state index contributed by atoms with van der Waals surface area (Å²) in [5, 5.41) is 12.4. The van der Waals surface area contributed by atoms with Gasteiger partial charge in [0, 0.05) is 27.6 Å². The summed E-state index contributed by atoms with van der Waals surface area (Å²) in [5.74, 6) is -0.151. The van der Waals surface area contributed by atoms with Gasteiger partial charge in [-0.25, -0.2) is 8.42 Å². The summed E-state index contributed by atoms with van der Waals surface area (Å²) in [4.78, 5) is 0. The minimum absolute atomic E-state index is 0.0528. The predicted molar refractivity (Wildman–Crippen MR) is 89.8 cm³/mol. The lowest BCUT2D eigenvalue weighted by atomic mass is 10.2. The molecule has 3 rings (SSSR count). The third-order valence-corrected chi connectivity index (χ3v) is 5.73. The van der Waals surface area contributed by atoms with E-state index in [2.05, 4.69) is 0 Å². The molecule has 1 atom stereocenters. The highest BCUT2D eigenvalue weighted by atomic mass is 32.2. The molecule has 1 unspecified atom stereocenters. The molecule has 0 bridgehead atoms. The quantitative estimate of drug-likeness (QED) is 0.787. The van der Waals surface area contributed by atoms with Crippen LogP contribution in [-0.2, 0) is 16.4 Å². The first-order valence-electron chi connectivity index (χ1n) is 7.36. The molecule has 3 aromatic rings. The zero-order valence-corrected chi connectivity index (χ0v) is 13.3. The maximum Gasteiger partial charge on any atom is 0.152 e. The van der Waals surface area contributed by atoms with E-state index in [1.807, 2.05) is 53.1 Å². The van der Waals surface area contributed by atoms with Crippen LogP contribution in [0, 0.1) is 0 Å². The molecule has 5 heteroatoms. The highest BCUT2D eigenvalue weighted by molar-refractivity contribution is 7.91. The highest BCUT2D eigenvalue weighted by Crippen LogP contribution is 2.28. The van der Waals surface area contributed by atoms with Gasteiger partial charge in [-0.2, -0.15) is 0 Å². The van der Waals surface area contributed by atoms with E-state index in [9.17, 15) is 13.5 Å². The predicted octanol–water partition coefficient (Wildman–Crippen LogP) is 2.59. The Morgan fingerprint density at radius 1 is 1.00 bits per heavy atom. The molecule has 1 aromatic heterocycles. The number of hydrogen-bond donors (Lipinski definition) is 1. The van der Waals surface area contributed by atoms with Crippen LogP contribution in [0.15, 0.2) is 48.5 Å². The molecule has 2 aromatic carbocycles. The number of aliphatic hydroxyl groups is 1. The fourth-order valence-electron chi connectivity index (χ4n) is 2.87. The van der Waals surface area contributed by atoms with E-state index in [4.69, 9.17) is 0 Å². The molecule has 4 nitrogen and oxygen atoms in total. The Kier molecular flexibility index (Phi) is 3.93. The van der Waals surface area contributed by atoms with Crippen molar-refractivity contribution >= 4 is 31.6 Å². The molecule has 0 radical (unpaired) electrons. The van der Waals surface area contributed by atoms with Gasteiger partial charge in [-0.05, 0) is 12.1 Å². The number of fused-ring (bicyclic) bond motifs is 3. The van der Waals surface area contributed by atoms with Gasteiger partial charge in [-0.1, -0.05) is 43.3 Å². The van der Waals surface area contributed by atoms with Crippen LogP contribution in [0.5, 0.6) is 0 Å². The number of nitrogens with zero attached hydrogens (tertiary/aromatic N) is 1. The second-order valence-corrected chi connectivity index (χ2v) is 7.90. The van der Waals surface area contributed by atoms with Crippen molar-refractivity contribution in [1.29, 1.82) is 0 Å². The van der Waals surface area contributed by atoms with Gasteiger partial charge in [0.2, 0.25) is 0 Å². The van der Waals surface area contributed by atoms with Gasteiger partial charge in [0.15, 0.2) is 9.84 Å². The highest BCUT2D eigenvalue weighted by Gasteiger charge is 2.18. The number of rotatable bonds is 5. The molecule has 0 fully saturated rings. The van der Waals surface area contributed by atoms with Crippen LogP contribution in [0.2, 0.25) is 0 Å². The summed E-state index contributed by atoms with van der Waals surface area (Å²) in [6, 6.07) is 16.0. The van der Waals surface area contributed by atoms with Crippen LogP contribution in [0.1, 0.15) is 6.92 Å². The first-order chi connectivity index (χ1) is 10.5. The van der Waals surface area contributed by atoms with Crippen LogP contribution in [-0.4, -0.2) is 35.7 Å². The maximum atomic E-state index is 11.7. The molecule has 1 heterocycles. The van der Waals surface area contributed by atoms with Gasteiger partial charge in [0.25, 0.3) is 0 Å². The Morgan fingerprint density at radius 3 is 2.00 bits per heavy atom. The monoisotopic (exact) mass is 317 g/mol. The number of sulfone groups is 1. The van der Waals surface area contributed by atoms with Crippen LogP contribution < -0.4 is 0 Å². The van der Waals surface area contributed by atoms with Gasteiger partial charge in [-0.15, -0.1) is 0 Å². The van der Waals surface area contributed by atoms with Crippen molar-refractivity contribution in [2.24, 2.45) is 0 Å². The van der Waals surface area contributed by atoms with Gasteiger partial charge < -0.3 is 9.67 Å². The van der Waals surface area contributed by atoms with Crippen molar-refractivity contribution in [3.05, 3.63) is 48.5 Å². The summed E-state index contributed by atoms with van der Waals surface area (Å²) >= 11 is 0. The van der Waals surface area contributed by atoms with Crippen LogP contribution in [0.3, 0.4) is 0 Å². The molecule has 0 spiro atoms. The van der Waals surface area contributed by atoms with E-state index in [-0.39, 0.29) is 18.1 Å². The third-order valence-electron chi connectivity index (χ3n) is 3.96. The molecule has 116 valence electrons. The average Bonchev–Trinajstić information content (AvgIpc) is 2.82. The normalized spacial score (nSPS) is 13.7. The molecule has 0 saturated carbocycles. The smallest absolute Gasteiger partial charge is 0.152 e. The second kappa shape index (κ2) is 5.74. The minimum Gasteiger partial charge on any atom is -0.390 e. The molecule has 0 saturated heterocycles. The number of para-hydroxylation sites is 2. The van der Waals surface area contributed by atoms with Crippen LogP contribution in [0.4, 0.5) is 0 Å². The summed E-state index contributed by atoms with van der Waals surface area (Å²) in [5.41, 5.74) is 2.02. The Morgan fingerprint density at radius 2 is 1.50 bits per heavy atom. The van der Waals surface area contributed by atoms with E-state index in [0.29, 0.717) is 0 Å². The van der Waals surface area contributed by atoms with Crippen molar-refractivity contribution < 1.29 is 13.5 Å². The fraction of sp³-hybridized carbons (Fsp3) is 0.294. The Bertz CT molecular complexity index is 859. The summed E-state index contributed by atoms with van der Waals surface area (Å²) in [7, 11) is -3.19.